The molecule has 3 aromatic rings. The van der Waals surface area contributed by atoms with Crippen LogP contribution in [0.25, 0.3) is 22.6 Å². The number of rotatable bonds is 4. The van der Waals surface area contributed by atoms with Gasteiger partial charge in [-0.05, 0) is 36.5 Å². The Labute approximate surface area is 138 Å². The van der Waals surface area contributed by atoms with Gasteiger partial charge >= 0.3 is 5.97 Å². The molecule has 4 rings (SSSR count). The number of aromatic nitrogens is 3. The van der Waals surface area contributed by atoms with Crippen LogP contribution < -0.4 is 5.73 Å². The third-order valence-electron chi connectivity index (χ3n) is 4.20. The molecule has 4 N–H and O–H groups in total. The van der Waals surface area contributed by atoms with E-state index >= 15 is 0 Å². The first-order valence-electron chi connectivity index (χ1n) is 7.77. The predicted octanol–water partition coefficient (Wildman–Crippen LogP) is 3.30. The second kappa shape index (κ2) is 5.49. The van der Waals surface area contributed by atoms with Crippen LogP contribution in [0.15, 0.2) is 42.7 Å². The largest absolute Gasteiger partial charge is 0.477 e. The molecular weight excluding hydrogens is 304 g/mol. The molecule has 1 fully saturated rings. The Morgan fingerprint density at radius 1 is 1.25 bits per heavy atom. The van der Waals surface area contributed by atoms with Crippen molar-refractivity contribution in [3.63, 3.8) is 0 Å². The van der Waals surface area contributed by atoms with Crippen molar-refractivity contribution in [3.05, 3.63) is 54.0 Å². The third kappa shape index (κ3) is 2.62. The summed E-state index contributed by atoms with van der Waals surface area (Å²) >= 11 is 0. The highest BCUT2D eigenvalue weighted by Gasteiger charge is 2.23. The SMILES string of the molecule is Nc1cnc(-c2cccc(C3CC3)c2)nc1-c1c[nH]c(C(=O)O)c1. The van der Waals surface area contributed by atoms with E-state index in [4.69, 9.17) is 10.8 Å². The number of carboxylic acids is 1. The Balaban J connectivity index is 1.75. The van der Waals surface area contributed by atoms with Crippen LogP contribution >= 0.6 is 0 Å². The fourth-order valence-corrected chi connectivity index (χ4v) is 2.76. The standard InChI is InChI=1S/C18H16N4O2/c19-14-9-21-17(12-3-1-2-11(6-12)10-4-5-10)22-16(14)13-7-15(18(23)24)20-8-13/h1-3,6-10,20H,4-5,19H2,(H,23,24). The monoisotopic (exact) mass is 320 g/mol. The Bertz CT molecular complexity index is 928. The van der Waals surface area contributed by atoms with Crippen LogP contribution in [0.2, 0.25) is 0 Å². The van der Waals surface area contributed by atoms with E-state index in [0.717, 1.165) is 5.56 Å². The number of nitrogens with two attached hydrogens (primary N) is 1. The molecule has 24 heavy (non-hydrogen) atoms. The molecule has 0 spiro atoms. The number of benzene rings is 1. The number of carbonyl (C=O) groups is 1. The molecule has 1 saturated carbocycles. The minimum atomic E-state index is -1.02. The van der Waals surface area contributed by atoms with Crippen molar-refractivity contribution in [1.82, 2.24) is 15.0 Å². The van der Waals surface area contributed by atoms with E-state index in [-0.39, 0.29) is 5.69 Å². The van der Waals surface area contributed by atoms with E-state index in [1.54, 1.807) is 12.4 Å². The van der Waals surface area contributed by atoms with Crippen LogP contribution in [0, 0.1) is 0 Å². The Hall–Kier alpha value is -3.15. The van der Waals surface area contributed by atoms with Crippen LogP contribution in [0.3, 0.4) is 0 Å². The number of anilines is 1. The topological polar surface area (TPSA) is 105 Å². The van der Waals surface area contributed by atoms with E-state index in [1.807, 2.05) is 12.1 Å². The molecule has 1 aliphatic carbocycles. The molecular formula is C18H16N4O2. The lowest BCUT2D eigenvalue weighted by molar-refractivity contribution is 0.0691. The molecule has 2 aromatic heterocycles. The zero-order valence-corrected chi connectivity index (χ0v) is 12.9. The van der Waals surface area contributed by atoms with Gasteiger partial charge < -0.3 is 15.8 Å². The number of H-pyrrole nitrogens is 1. The summed E-state index contributed by atoms with van der Waals surface area (Å²) in [5.41, 5.74) is 9.90. The average molecular weight is 320 g/mol. The molecule has 120 valence electrons. The first kappa shape index (κ1) is 14.4. The molecule has 0 saturated heterocycles. The first-order valence-corrected chi connectivity index (χ1v) is 7.77. The molecule has 0 atom stereocenters. The molecule has 1 aliphatic rings. The van der Waals surface area contributed by atoms with Crippen LogP contribution in [-0.2, 0) is 0 Å². The molecule has 6 nitrogen and oxygen atoms in total. The van der Waals surface area contributed by atoms with Crippen LogP contribution in [0.4, 0.5) is 5.69 Å². The summed E-state index contributed by atoms with van der Waals surface area (Å²) < 4.78 is 0. The summed E-state index contributed by atoms with van der Waals surface area (Å²) in [6.07, 6.45) is 5.62. The molecule has 0 radical (unpaired) electrons. The van der Waals surface area contributed by atoms with Crippen molar-refractivity contribution in [2.75, 3.05) is 5.73 Å². The van der Waals surface area contributed by atoms with Crippen molar-refractivity contribution in [3.8, 4) is 22.6 Å². The van der Waals surface area contributed by atoms with Crippen molar-refractivity contribution in [2.24, 2.45) is 0 Å². The number of aromatic amines is 1. The van der Waals surface area contributed by atoms with Crippen molar-refractivity contribution in [2.45, 2.75) is 18.8 Å². The predicted molar refractivity (Wildman–Crippen MR) is 90.6 cm³/mol. The minimum Gasteiger partial charge on any atom is -0.477 e. The number of hydrogen-bond acceptors (Lipinski definition) is 4. The highest BCUT2D eigenvalue weighted by molar-refractivity contribution is 5.88. The average Bonchev–Trinajstić information content (AvgIpc) is 3.32. The highest BCUT2D eigenvalue weighted by Crippen LogP contribution is 2.41. The summed E-state index contributed by atoms with van der Waals surface area (Å²) in [4.78, 5) is 22.6. The number of nitrogens with one attached hydrogen (secondary N) is 1. The molecule has 6 heteroatoms. The summed E-state index contributed by atoms with van der Waals surface area (Å²) in [6, 6.07) is 9.76. The minimum absolute atomic E-state index is 0.0975. The lowest BCUT2D eigenvalue weighted by Gasteiger charge is -2.07. The number of nitrogen functional groups attached to an aromatic ring is 1. The van der Waals surface area contributed by atoms with Crippen LogP contribution in [0.1, 0.15) is 34.8 Å². The summed E-state index contributed by atoms with van der Waals surface area (Å²) in [5, 5.41) is 9.04. The fourth-order valence-electron chi connectivity index (χ4n) is 2.76. The van der Waals surface area contributed by atoms with E-state index < -0.39 is 5.97 Å². The van der Waals surface area contributed by atoms with E-state index in [2.05, 4.69) is 27.1 Å². The second-order valence-electron chi connectivity index (χ2n) is 6.00. The van der Waals surface area contributed by atoms with Crippen molar-refractivity contribution in [1.29, 1.82) is 0 Å². The maximum atomic E-state index is 11.0. The highest BCUT2D eigenvalue weighted by atomic mass is 16.4. The van der Waals surface area contributed by atoms with Gasteiger partial charge in [0.15, 0.2) is 5.82 Å². The molecule has 0 unspecified atom stereocenters. The summed E-state index contributed by atoms with van der Waals surface area (Å²) in [6.45, 7) is 0. The summed E-state index contributed by atoms with van der Waals surface area (Å²) in [5.74, 6) is 0.215. The molecule has 0 amide bonds. The fraction of sp³-hybridized carbons (Fsp3) is 0.167. The third-order valence-corrected chi connectivity index (χ3v) is 4.20. The molecule has 2 heterocycles. The summed E-state index contributed by atoms with van der Waals surface area (Å²) in [7, 11) is 0. The molecule has 0 bridgehead atoms. The number of hydrogen-bond donors (Lipinski definition) is 3. The molecule has 0 aliphatic heterocycles. The zero-order chi connectivity index (χ0) is 16.7. The van der Waals surface area contributed by atoms with E-state index in [1.165, 1.54) is 24.5 Å². The van der Waals surface area contributed by atoms with Gasteiger partial charge in [0, 0.05) is 17.3 Å². The van der Waals surface area contributed by atoms with Gasteiger partial charge in [-0.2, -0.15) is 0 Å². The van der Waals surface area contributed by atoms with E-state index in [9.17, 15) is 4.79 Å². The van der Waals surface area contributed by atoms with Crippen LogP contribution in [0.5, 0.6) is 0 Å². The first-order chi connectivity index (χ1) is 11.6. The number of nitrogens with zero attached hydrogens (tertiary/aromatic N) is 2. The maximum Gasteiger partial charge on any atom is 0.352 e. The lowest BCUT2D eigenvalue weighted by atomic mass is 10.1. The Morgan fingerprint density at radius 2 is 2.08 bits per heavy atom. The lowest BCUT2D eigenvalue weighted by Crippen LogP contribution is -1.98. The number of aromatic carboxylic acids is 1. The molecule has 1 aromatic carbocycles. The normalized spacial score (nSPS) is 13.8. The second-order valence-corrected chi connectivity index (χ2v) is 6.00. The van der Waals surface area contributed by atoms with E-state index in [0.29, 0.717) is 28.7 Å². The van der Waals surface area contributed by atoms with Gasteiger partial charge in [-0.1, -0.05) is 18.2 Å². The quantitative estimate of drug-likeness (QED) is 0.684. The Morgan fingerprint density at radius 3 is 2.79 bits per heavy atom. The van der Waals surface area contributed by atoms with Gasteiger partial charge in [0.25, 0.3) is 0 Å². The van der Waals surface area contributed by atoms with Gasteiger partial charge in [-0.15, -0.1) is 0 Å². The van der Waals surface area contributed by atoms with Crippen LogP contribution in [-0.4, -0.2) is 26.0 Å². The van der Waals surface area contributed by atoms with Crippen molar-refractivity contribution < 1.29 is 9.90 Å². The van der Waals surface area contributed by atoms with Crippen molar-refractivity contribution >= 4 is 11.7 Å². The number of carboxylic acid groups (broad SMARTS) is 1. The van der Waals surface area contributed by atoms with Gasteiger partial charge in [-0.3, -0.25) is 0 Å². The Kier molecular flexibility index (Phi) is 3.30. The van der Waals surface area contributed by atoms with Gasteiger partial charge in [0.05, 0.1) is 17.6 Å². The van der Waals surface area contributed by atoms with Gasteiger partial charge in [0.2, 0.25) is 0 Å². The van der Waals surface area contributed by atoms with Gasteiger partial charge in [0.1, 0.15) is 5.69 Å². The smallest absolute Gasteiger partial charge is 0.352 e. The van der Waals surface area contributed by atoms with Gasteiger partial charge in [-0.25, -0.2) is 14.8 Å². The zero-order valence-electron chi connectivity index (χ0n) is 12.9. The maximum absolute atomic E-state index is 11.0.